The zero-order valence-electron chi connectivity index (χ0n) is 13.0. The van der Waals surface area contributed by atoms with Gasteiger partial charge in [0.15, 0.2) is 6.61 Å². The molecule has 0 saturated heterocycles. The fourth-order valence-electron chi connectivity index (χ4n) is 1.95. The van der Waals surface area contributed by atoms with Crippen LogP contribution >= 0.6 is 35.0 Å². The maximum absolute atomic E-state index is 12.0. The van der Waals surface area contributed by atoms with E-state index in [-0.39, 0.29) is 15.6 Å². The second-order valence-electron chi connectivity index (χ2n) is 4.90. The largest absolute Gasteiger partial charge is 0.452 e. The summed E-state index contributed by atoms with van der Waals surface area (Å²) in [5, 5.41) is 13.6. The topological polar surface area (TPSA) is 79.2 Å². The van der Waals surface area contributed by atoms with Gasteiger partial charge < -0.3 is 10.1 Å². The number of carbonyl (C=O) groups excluding carboxylic acids is 2. The number of nitrogens with zero attached hydrogens (tertiary/aromatic N) is 1. The van der Waals surface area contributed by atoms with Crippen LogP contribution in [0.25, 0.3) is 0 Å². The summed E-state index contributed by atoms with van der Waals surface area (Å²) in [6.07, 6.45) is 0. The first-order chi connectivity index (χ1) is 11.9. The van der Waals surface area contributed by atoms with Crippen molar-refractivity contribution in [2.75, 3.05) is 11.9 Å². The lowest BCUT2D eigenvalue weighted by Gasteiger charge is -2.10. The van der Waals surface area contributed by atoms with E-state index in [1.165, 1.54) is 6.07 Å². The standard InChI is InChI=1S/C17H12Cl2N2O3S/c1-10-7-11(25-9-20)5-6-14(10)21-15(22)8-24-17(23)12-3-2-4-13(18)16(12)19/h2-7H,8H2,1H3,(H,21,22). The Morgan fingerprint density at radius 1 is 1.28 bits per heavy atom. The van der Waals surface area contributed by atoms with E-state index in [2.05, 4.69) is 5.32 Å². The average molecular weight is 395 g/mol. The second-order valence-corrected chi connectivity index (χ2v) is 6.54. The van der Waals surface area contributed by atoms with Crippen LogP contribution in [0.5, 0.6) is 0 Å². The van der Waals surface area contributed by atoms with Gasteiger partial charge in [0.25, 0.3) is 5.91 Å². The molecular weight excluding hydrogens is 383 g/mol. The van der Waals surface area contributed by atoms with Gasteiger partial charge in [0.2, 0.25) is 0 Å². The molecule has 0 radical (unpaired) electrons. The van der Waals surface area contributed by atoms with Crippen molar-refractivity contribution < 1.29 is 14.3 Å². The van der Waals surface area contributed by atoms with Crippen molar-refractivity contribution in [2.45, 2.75) is 11.8 Å². The maximum Gasteiger partial charge on any atom is 0.340 e. The van der Waals surface area contributed by atoms with Crippen molar-refractivity contribution in [2.24, 2.45) is 0 Å². The van der Waals surface area contributed by atoms with Crippen molar-refractivity contribution in [1.29, 1.82) is 5.26 Å². The Hall–Kier alpha value is -2.20. The second kappa shape index (κ2) is 8.77. The molecule has 5 nitrogen and oxygen atoms in total. The van der Waals surface area contributed by atoms with Gasteiger partial charge in [-0.05, 0) is 54.6 Å². The third-order valence-electron chi connectivity index (χ3n) is 3.14. The predicted octanol–water partition coefficient (Wildman–Crippen LogP) is 4.67. The highest BCUT2D eigenvalue weighted by Crippen LogP contribution is 2.26. The lowest BCUT2D eigenvalue weighted by atomic mass is 10.2. The van der Waals surface area contributed by atoms with Gasteiger partial charge >= 0.3 is 5.97 Å². The van der Waals surface area contributed by atoms with Gasteiger partial charge in [-0.15, -0.1) is 0 Å². The summed E-state index contributed by atoms with van der Waals surface area (Å²) in [5.74, 6) is -1.23. The first-order valence-corrected chi connectivity index (χ1v) is 8.57. The molecule has 0 fully saturated rings. The quantitative estimate of drug-likeness (QED) is 0.452. The Morgan fingerprint density at radius 2 is 2.04 bits per heavy atom. The van der Waals surface area contributed by atoms with E-state index >= 15 is 0 Å². The number of anilines is 1. The summed E-state index contributed by atoms with van der Waals surface area (Å²) >= 11 is 12.8. The minimum absolute atomic E-state index is 0.0796. The maximum atomic E-state index is 12.0. The third-order valence-corrected chi connectivity index (χ3v) is 4.54. The van der Waals surface area contributed by atoms with Gasteiger partial charge in [-0.1, -0.05) is 29.3 Å². The Morgan fingerprint density at radius 3 is 2.72 bits per heavy atom. The van der Waals surface area contributed by atoms with Crippen molar-refractivity contribution >= 4 is 52.5 Å². The van der Waals surface area contributed by atoms with Crippen molar-refractivity contribution in [3.63, 3.8) is 0 Å². The monoisotopic (exact) mass is 394 g/mol. The number of nitrogens with one attached hydrogen (secondary N) is 1. The van der Waals surface area contributed by atoms with E-state index < -0.39 is 18.5 Å². The summed E-state index contributed by atoms with van der Waals surface area (Å²) in [4.78, 5) is 24.7. The Balaban J connectivity index is 1.96. The smallest absolute Gasteiger partial charge is 0.340 e. The third kappa shape index (κ3) is 5.13. The van der Waals surface area contributed by atoms with Crippen LogP contribution in [0.3, 0.4) is 0 Å². The van der Waals surface area contributed by atoms with Gasteiger partial charge in [-0.3, -0.25) is 4.79 Å². The van der Waals surface area contributed by atoms with Gasteiger partial charge in [0.1, 0.15) is 5.40 Å². The molecule has 128 valence electrons. The molecular formula is C17H12Cl2N2O3S. The van der Waals surface area contributed by atoms with E-state index in [0.717, 1.165) is 22.2 Å². The van der Waals surface area contributed by atoms with Gasteiger partial charge in [-0.25, -0.2) is 4.79 Å². The number of benzene rings is 2. The SMILES string of the molecule is Cc1cc(SC#N)ccc1NC(=O)COC(=O)c1cccc(Cl)c1Cl. The van der Waals surface area contributed by atoms with E-state index in [1.807, 2.05) is 5.40 Å². The molecule has 0 aromatic heterocycles. The van der Waals surface area contributed by atoms with E-state index in [0.29, 0.717) is 5.69 Å². The first kappa shape index (κ1) is 19.1. The number of esters is 1. The van der Waals surface area contributed by atoms with Gasteiger partial charge in [0, 0.05) is 10.6 Å². The molecule has 2 rings (SSSR count). The zero-order valence-corrected chi connectivity index (χ0v) is 15.3. The Bertz CT molecular complexity index is 865. The molecule has 0 atom stereocenters. The van der Waals surface area contributed by atoms with Crippen LogP contribution in [0.2, 0.25) is 10.0 Å². The number of aryl methyl sites for hydroxylation is 1. The number of nitriles is 1. The molecule has 0 unspecified atom stereocenters. The number of amides is 1. The minimum Gasteiger partial charge on any atom is -0.452 e. The zero-order chi connectivity index (χ0) is 18.4. The number of thiocyanates is 1. The minimum atomic E-state index is -0.736. The highest BCUT2D eigenvalue weighted by atomic mass is 35.5. The van der Waals surface area contributed by atoms with Crippen LogP contribution in [-0.4, -0.2) is 18.5 Å². The number of halogens is 2. The normalized spacial score (nSPS) is 10.0. The summed E-state index contributed by atoms with van der Waals surface area (Å²) < 4.78 is 4.96. The molecule has 0 spiro atoms. The molecule has 0 saturated carbocycles. The molecule has 2 aromatic rings. The van der Waals surface area contributed by atoms with Crippen LogP contribution in [0.1, 0.15) is 15.9 Å². The summed E-state index contributed by atoms with van der Waals surface area (Å²) in [6, 6.07) is 9.75. The van der Waals surface area contributed by atoms with Crippen molar-refractivity contribution in [1.82, 2.24) is 0 Å². The Labute approximate surface area is 158 Å². The van der Waals surface area contributed by atoms with Gasteiger partial charge in [0.05, 0.1) is 15.6 Å². The number of hydrogen-bond donors (Lipinski definition) is 1. The molecule has 0 aliphatic carbocycles. The van der Waals surface area contributed by atoms with Crippen LogP contribution in [0.15, 0.2) is 41.3 Å². The fourth-order valence-corrected chi connectivity index (χ4v) is 2.80. The average Bonchev–Trinajstić information content (AvgIpc) is 2.58. The lowest BCUT2D eigenvalue weighted by Crippen LogP contribution is -2.21. The number of rotatable bonds is 5. The van der Waals surface area contributed by atoms with Crippen LogP contribution in [0, 0.1) is 17.6 Å². The molecule has 0 heterocycles. The lowest BCUT2D eigenvalue weighted by molar-refractivity contribution is -0.119. The molecule has 8 heteroatoms. The highest BCUT2D eigenvalue weighted by molar-refractivity contribution is 8.03. The summed E-state index contributed by atoms with van der Waals surface area (Å²) in [5.41, 5.74) is 1.46. The van der Waals surface area contributed by atoms with E-state index in [1.54, 1.807) is 37.3 Å². The van der Waals surface area contributed by atoms with Crippen LogP contribution < -0.4 is 5.32 Å². The summed E-state index contributed by atoms with van der Waals surface area (Å²) in [7, 11) is 0. The number of carbonyl (C=O) groups is 2. The first-order valence-electron chi connectivity index (χ1n) is 7.00. The molecule has 0 aliphatic heterocycles. The number of thioether (sulfide) groups is 1. The van der Waals surface area contributed by atoms with Crippen molar-refractivity contribution in [3.8, 4) is 5.40 Å². The van der Waals surface area contributed by atoms with E-state index in [4.69, 9.17) is 33.2 Å². The Kier molecular flexibility index (Phi) is 6.71. The molecule has 2 aromatic carbocycles. The van der Waals surface area contributed by atoms with Gasteiger partial charge in [-0.2, -0.15) is 5.26 Å². The highest BCUT2D eigenvalue weighted by Gasteiger charge is 2.16. The van der Waals surface area contributed by atoms with Crippen LogP contribution in [0.4, 0.5) is 5.69 Å². The predicted molar refractivity (Wildman–Crippen MR) is 98.0 cm³/mol. The molecule has 1 N–H and O–H groups in total. The molecule has 25 heavy (non-hydrogen) atoms. The van der Waals surface area contributed by atoms with E-state index in [9.17, 15) is 9.59 Å². The summed E-state index contributed by atoms with van der Waals surface area (Å²) in [6.45, 7) is 1.34. The fraction of sp³-hybridized carbons (Fsp3) is 0.118. The molecule has 0 aliphatic rings. The van der Waals surface area contributed by atoms with Crippen LogP contribution in [-0.2, 0) is 9.53 Å². The molecule has 0 bridgehead atoms. The van der Waals surface area contributed by atoms with Crippen molar-refractivity contribution in [3.05, 3.63) is 57.6 Å². The number of hydrogen-bond acceptors (Lipinski definition) is 5. The number of ether oxygens (including phenoxy) is 1. The molecule has 1 amide bonds.